The zero-order chi connectivity index (χ0) is 21.7. The minimum absolute atomic E-state index is 0.246. The van der Waals surface area contributed by atoms with E-state index in [0.717, 1.165) is 28.2 Å². The fourth-order valence-electron chi connectivity index (χ4n) is 3.37. The first kappa shape index (κ1) is 21.0. The van der Waals surface area contributed by atoms with Crippen molar-refractivity contribution in [2.75, 3.05) is 0 Å². The third kappa shape index (κ3) is 5.00. The van der Waals surface area contributed by atoms with Crippen LogP contribution >= 0.6 is 0 Å². The fraction of sp³-hybridized carbons (Fsp3) is 0.217. The predicted octanol–water partition coefficient (Wildman–Crippen LogP) is 2.87. The molecule has 0 atom stereocenters. The number of hydrogen-bond donors (Lipinski definition) is 2. The average Bonchev–Trinajstić information content (AvgIpc) is 2.99. The summed E-state index contributed by atoms with van der Waals surface area (Å²) in [6.07, 6.45) is 4.80. The van der Waals surface area contributed by atoms with Crippen LogP contribution in [0.5, 0.6) is 0 Å². The molecule has 2 heterocycles. The van der Waals surface area contributed by atoms with Crippen LogP contribution in [-0.2, 0) is 16.1 Å². The Hall–Kier alpha value is -3.74. The van der Waals surface area contributed by atoms with Gasteiger partial charge in [-0.25, -0.2) is 5.43 Å². The Balaban J connectivity index is 1.65. The lowest BCUT2D eigenvalue weighted by molar-refractivity contribution is -0.139. The Kier molecular flexibility index (Phi) is 6.41. The van der Waals surface area contributed by atoms with E-state index in [1.165, 1.54) is 11.1 Å². The van der Waals surface area contributed by atoms with E-state index in [-0.39, 0.29) is 6.54 Å². The third-order valence-electron chi connectivity index (χ3n) is 4.71. The number of pyridine rings is 1. The van der Waals surface area contributed by atoms with Gasteiger partial charge in [-0.1, -0.05) is 6.07 Å². The summed E-state index contributed by atoms with van der Waals surface area (Å²) in [6, 6.07) is 11.9. The smallest absolute Gasteiger partial charge is 0.329 e. The van der Waals surface area contributed by atoms with Crippen molar-refractivity contribution in [3.8, 4) is 5.69 Å². The van der Waals surface area contributed by atoms with Gasteiger partial charge in [0.1, 0.15) is 0 Å². The summed E-state index contributed by atoms with van der Waals surface area (Å²) < 4.78 is 2.14. The maximum Gasteiger partial charge on any atom is 0.329 e. The van der Waals surface area contributed by atoms with Crippen molar-refractivity contribution >= 4 is 18.0 Å². The van der Waals surface area contributed by atoms with E-state index in [9.17, 15) is 9.59 Å². The number of hydrogen-bond acceptors (Lipinski definition) is 4. The molecule has 0 saturated carbocycles. The molecule has 0 aliphatic carbocycles. The summed E-state index contributed by atoms with van der Waals surface area (Å²) in [7, 11) is 0. The second kappa shape index (κ2) is 9.17. The van der Waals surface area contributed by atoms with Crippen LogP contribution in [0.15, 0.2) is 53.9 Å². The molecule has 0 aliphatic rings. The van der Waals surface area contributed by atoms with Gasteiger partial charge >= 0.3 is 11.8 Å². The van der Waals surface area contributed by atoms with Gasteiger partial charge in [-0.05, 0) is 74.7 Å². The number of carbonyl (C=O) groups excluding carboxylic acids is 2. The Morgan fingerprint density at radius 3 is 2.33 bits per heavy atom. The molecule has 0 bridgehead atoms. The maximum absolute atomic E-state index is 12.0. The normalized spacial score (nSPS) is 10.9. The number of rotatable bonds is 5. The molecular weight excluding hydrogens is 378 g/mol. The largest absolute Gasteiger partial charge is 0.344 e. The highest BCUT2D eigenvalue weighted by Gasteiger charge is 2.13. The molecule has 2 N–H and O–H groups in total. The van der Waals surface area contributed by atoms with Crippen molar-refractivity contribution in [2.24, 2.45) is 5.10 Å². The monoisotopic (exact) mass is 403 g/mol. The van der Waals surface area contributed by atoms with Gasteiger partial charge in [0.15, 0.2) is 0 Å². The van der Waals surface area contributed by atoms with Crippen molar-refractivity contribution in [3.05, 3.63) is 82.4 Å². The van der Waals surface area contributed by atoms with Crippen molar-refractivity contribution in [3.63, 3.8) is 0 Å². The lowest BCUT2D eigenvalue weighted by Gasteiger charge is -2.11. The number of nitrogens with zero attached hydrogens (tertiary/aromatic N) is 3. The predicted molar refractivity (Wildman–Crippen MR) is 117 cm³/mol. The standard InChI is InChI=1S/C23H25N5O2/c1-15-9-16(2)11-21(10-15)28-17(3)12-20(18(28)4)14-26-27-23(30)22(29)25-13-19-5-7-24-8-6-19/h5-12,14H,13H2,1-4H3,(H,25,29)(H,27,30)/b26-14-. The minimum atomic E-state index is -0.816. The summed E-state index contributed by atoms with van der Waals surface area (Å²) in [6.45, 7) is 8.41. The number of nitrogens with one attached hydrogen (secondary N) is 2. The van der Waals surface area contributed by atoms with Gasteiger partial charge in [-0.2, -0.15) is 5.10 Å². The van der Waals surface area contributed by atoms with Crippen LogP contribution in [0, 0.1) is 27.7 Å². The number of hydrazone groups is 1. The topological polar surface area (TPSA) is 88.4 Å². The van der Waals surface area contributed by atoms with Crippen molar-refractivity contribution in [1.82, 2.24) is 20.3 Å². The summed E-state index contributed by atoms with van der Waals surface area (Å²) in [5.41, 5.74) is 9.52. The zero-order valence-electron chi connectivity index (χ0n) is 17.6. The molecule has 30 heavy (non-hydrogen) atoms. The molecule has 0 spiro atoms. The second-order valence-electron chi connectivity index (χ2n) is 7.25. The molecule has 154 valence electrons. The lowest BCUT2D eigenvalue weighted by atomic mass is 10.1. The summed E-state index contributed by atoms with van der Waals surface area (Å²) in [4.78, 5) is 27.8. The van der Waals surface area contributed by atoms with Crippen LogP contribution in [0.1, 0.15) is 33.6 Å². The van der Waals surface area contributed by atoms with E-state index in [2.05, 4.69) is 57.4 Å². The Bertz CT molecular complexity index is 1080. The van der Waals surface area contributed by atoms with E-state index < -0.39 is 11.8 Å². The fourth-order valence-corrected chi connectivity index (χ4v) is 3.37. The minimum Gasteiger partial charge on any atom is -0.344 e. The maximum atomic E-state index is 12.0. The molecule has 2 amide bonds. The van der Waals surface area contributed by atoms with Gasteiger partial charge in [0.2, 0.25) is 0 Å². The van der Waals surface area contributed by atoms with Gasteiger partial charge in [-0.3, -0.25) is 14.6 Å². The van der Waals surface area contributed by atoms with E-state index in [4.69, 9.17) is 0 Å². The molecule has 3 rings (SSSR count). The summed E-state index contributed by atoms with van der Waals surface area (Å²) in [5.74, 6) is -1.56. The quantitative estimate of drug-likeness (QED) is 0.390. The first-order valence-corrected chi connectivity index (χ1v) is 9.63. The van der Waals surface area contributed by atoms with Crippen LogP contribution in [0.2, 0.25) is 0 Å². The molecule has 2 aromatic heterocycles. The van der Waals surface area contributed by atoms with Gasteiger partial charge in [0, 0.05) is 41.6 Å². The van der Waals surface area contributed by atoms with Crippen LogP contribution in [0.3, 0.4) is 0 Å². The molecule has 3 aromatic rings. The Morgan fingerprint density at radius 1 is 1.00 bits per heavy atom. The lowest BCUT2D eigenvalue weighted by Crippen LogP contribution is -2.37. The first-order chi connectivity index (χ1) is 14.3. The first-order valence-electron chi connectivity index (χ1n) is 9.63. The van der Waals surface area contributed by atoms with Crippen molar-refractivity contribution in [1.29, 1.82) is 0 Å². The highest BCUT2D eigenvalue weighted by Crippen LogP contribution is 2.21. The molecule has 7 nitrogen and oxygen atoms in total. The number of aryl methyl sites for hydroxylation is 3. The molecule has 0 saturated heterocycles. The van der Waals surface area contributed by atoms with Gasteiger partial charge in [0.25, 0.3) is 0 Å². The zero-order valence-corrected chi connectivity index (χ0v) is 17.6. The molecule has 7 heteroatoms. The van der Waals surface area contributed by atoms with Crippen LogP contribution in [0.25, 0.3) is 5.69 Å². The second-order valence-corrected chi connectivity index (χ2v) is 7.25. The number of aromatic nitrogens is 2. The number of carbonyl (C=O) groups is 2. The third-order valence-corrected chi connectivity index (χ3v) is 4.71. The van der Waals surface area contributed by atoms with E-state index in [1.54, 1.807) is 30.7 Å². The number of benzene rings is 1. The Labute approximate surface area is 175 Å². The van der Waals surface area contributed by atoms with Crippen LogP contribution in [-0.4, -0.2) is 27.6 Å². The Morgan fingerprint density at radius 2 is 1.67 bits per heavy atom. The van der Waals surface area contributed by atoms with Crippen molar-refractivity contribution < 1.29 is 9.59 Å². The molecule has 0 aliphatic heterocycles. The average molecular weight is 403 g/mol. The number of amides is 2. The van der Waals surface area contributed by atoms with E-state index >= 15 is 0 Å². The SMILES string of the molecule is Cc1cc(C)cc(-n2c(C)cc(/C=N\NC(=O)C(=O)NCc3ccncc3)c2C)c1. The summed E-state index contributed by atoms with van der Waals surface area (Å²) in [5, 5.41) is 6.50. The molecule has 0 radical (unpaired) electrons. The molecular formula is C23H25N5O2. The van der Waals surface area contributed by atoms with Crippen LogP contribution in [0.4, 0.5) is 0 Å². The highest BCUT2D eigenvalue weighted by atomic mass is 16.2. The van der Waals surface area contributed by atoms with Gasteiger partial charge in [0.05, 0.1) is 6.21 Å². The summed E-state index contributed by atoms with van der Waals surface area (Å²) >= 11 is 0. The molecule has 0 fully saturated rings. The van der Waals surface area contributed by atoms with Crippen molar-refractivity contribution in [2.45, 2.75) is 34.2 Å². The van der Waals surface area contributed by atoms with Gasteiger partial charge < -0.3 is 9.88 Å². The highest BCUT2D eigenvalue weighted by molar-refractivity contribution is 6.35. The van der Waals surface area contributed by atoms with Crippen LogP contribution < -0.4 is 10.7 Å². The van der Waals surface area contributed by atoms with E-state index in [0.29, 0.717) is 0 Å². The molecule has 0 unspecified atom stereocenters. The van der Waals surface area contributed by atoms with E-state index in [1.807, 2.05) is 19.9 Å². The molecule has 1 aromatic carbocycles. The van der Waals surface area contributed by atoms with Gasteiger partial charge in [-0.15, -0.1) is 0 Å².